The second-order valence-electron chi connectivity index (χ2n) is 4.81. The maximum absolute atomic E-state index is 12.1. The van der Waals surface area contributed by atoms with Crippen LogP contribution in [-0.4, -0.2) is 29.6 Å². The number of nitrogens with two attached hydrogens (primary N) is 1. The number of benzene rings is 1. The number of hydrogen-bond donors (Lipinski definition) is 2. The van der Waals surface area contributed by atoms with Crippen LogP contribution in [0.5, 0.6) is 0 Å². The number of anilines is 1. The molecule has 108 valence electrons. The molecule has 0 aliphatic carbocycles. The number of nitro groups is 1. The van der Waals surface area contributed by atoms with Gasteiger partial charge in [0.05, 0.1) is 16.7 Å². The van der Waals surface area contributed by atoms with E-state index in [0.717, 1.165) is 12.0 Å². The molecule has 2 unspecified atom stereocenters. The lowest BCUT2D eigenvalue weighted by molar-refractivity contribution is -0.384. The van der Waals surface area contributed by atoms with Gasteiger partial charge in [-0.05, 0) is 25.3 Å². The predicted molar refractivity (Wildman–Crippen MR) is 73.4 cm³/mol. The minimum absolute atomic E-state index is 0.0573. The minimum atomic E-state index is -0.540. The van der Waals surface area contributed by atoms with E-state index >= 15 is 0 Å². The van der Waals surface area contributed by atoms with Gasteiger partial charge in [0.25, 0.3) is 11.6 Å². The van der Waals surface area contributed by atoms with Crippen LogP contribution in [0.2, 0.25) is 0 Å². The third-order valence-electron chi connectivity index (χ3n) is 3.35. The minimum Gasteiger partial charge on any atom is -0.364 e. The van der Waals surface area contributed by atoms with Crippen LogP contribution in [0.15, 0.2) is 18.2 Å². The molecule has 0 bridgehead atoms. The number of nitrogens with zero attached hydrogens (tertiary/aromatic N) is 1. The van der Waals surface area contributed by atoms with Crippen LogP contribution in [0.25, 0.3) is 0 Å². The maximum Gasteiger partial charge on any atom is 0.271 e. The summed E-state index contributed by atoms with van der Waals surface area (Å²) in [5, 5.41) is 13.4. The third-order valence-corrected chi connectivity index (χ3v) is 3.35. The Morgan fingerprint density at radius 1 is 1.55 bits per heavy atom. The maximum atomic E-state index is 12.1. The van der Waals surface area contributed by atoms with Crippen molar-refractivity contribution in [3.63, 3.8) is 0 Å². The topological polar surface area (TPSA) is 107 Å². The molecule has 0 saturated carbocycles. The van der Waals surface area contributed by atoms with Crippen LogP contribution in [0.3, 0.4) is 0 Å². The molecule has 1 aromatic carbocycles. The standard InChI is InChI=1S/C13H17N3O4/c1-8-2-3-9(16(18)19)6-11(8)15-13(17)12-5-4-10(7-14)20-12/h2-3,6,10,12H,4-5,7,14H2,1H3,(H,15,17). The Balaban J connectivity index is 2.08. The first kappa shape index (κ1) is 14.4. The first-order chi connectivity index (χ1) is 9.51. The molecule has 0 spiro atoms. The van der Waals surface area contributed by atoms with Crippen molar-refractivity contribution in [2.45, 2.75) is 32.0 Å². The van der Waals surface area contributed by atoms with Crippen molar-refractivity contribution < 1.29 is 14.5 Å². The summed E-state index contributed by atoms with van der Waals surface area (Å²) in [7, 11) is 0. The molecule has 20 heavy (non-hydrogen) atoms. The van der Waals surface area contributed by atoms with Gasteiger partial charge in [0.2, 0.25) is 0 Å². The van der Waals surface area contributed by atoms with Crippen molar-refractivity contribution >= 4 is 17.3 Å². The van der Waals surface area contributed by atoms with E-state index in [0.29, 0.717) is 18.7 Å². The fraction of sp³-hybridized carbons (Fsp3) is 0.462. The summed E-state index contributed by atoms with van der Waals surface area (Å²) >= 11 is 0. The van der Waals surface area contributed by atoms with Gasteiger partial charge in [-0.2, -0.15) is 0 Å². The summed E-state index contributed by atoms with van der Waals surface area (Å²) < 4.78 is 5.49. The molecule has 1 heterocycles. The van der Waals surface area contributed by atoms with Gasteiger partial charge in [0, 0.05) is 18.7 Å². The number of hydrogen-bond acceptors (Lipinski definition) is 5. The quantitative estimate of drug-likeness (QED) is 0.639. The Kier molecular flexibility index (Phi) is 4.31. The molecule has 1 aromatic rings. The Hall–Kier alpha value is -1.99. The molecule has 7 nitrogen and oxygen atoms in total. The van der Waals surface area contributed by atoms with Gasteiger partial charge in [-0.1, -0.05) is 6.07 Å². The number of carbonyl (C=O) groups excluding carboxylic acids is 1. The monoisotopic (exact) mass is 279 g/mol. The first-order valence-corrected chi connectivity index (χ1v) is 6.42. The lowest BCUT2D eigenvalue weighted by Gasteiger charge is -2.13. The molecule has 3 N–H and O–H groups in total. The molecule has 0 aromatic heterocycles. The number of nitrogens with one attached hydrogen (secondary N) is 1. The highest BCUT2D eigenvalue weighted by atomic mass is 16.6. The van der Waals surface area contributed by atoms with E-state index in [2.05, 4.69) is 5.32 Å². The SMILES string of the molecule is Cc1ccc([N+](=O)[O-])cc1NC(=O)C1CCC(CN)O1. The third kappa shape index (κ3) is 3.12. The Morgan fingerprint density at radius 3 is 2.90 bits per heavy atom. The Bertz CT molecular complexity index is 532. The molecule has 7 heteroatoms. The lowest BCUT2D eigenvalue weighted by atomic mass is 10.1. The molecule has 0 radical (unpaired) electrons. The Morgan fingerprint density at radius 2 is 2.30 bits per heavy atom. The van der Waals surface area contributed by atoms with Crippen molar-refractivity contribution in [2.75, 3.05) is 11.9 Å². The molecule has 1 aliphatic rings. The molecule has 1 aliphatic heterocycles. The molecular weight excluding hydrogens is 262 g/mol. The van der Waals surface area contributed by atoms with Gasteiger partial charge in [0.1, 0.15) is 6.10 Å². The van der Waals surface area contributed by atoms with Crippen LogP contribution < -0.4 is 11.1 Å². The molecule has 1 amide bonds. The van der Waals surface area contributed by atoms with Gasteiger partial charge in [-0.15, -0.1) is 0 Å². The molecule has 2 rings (SSSR count). The summed E-state index contributed by atoms with van der Waals surface area (Å²) in [4.78, 5) is 22.3. The second kappa shape index (κ2) is 5.98. The smallest absolute Gasteiger partial charge is 0.271 e. The number of rotatable bonds is 4. The van der Waals surface area contributed by atoms with Crippen molar-refractivity contribution in [3.05, 3.63) is 33.9 Å². The number of amides is 1. The van der Waals surface area contributed by atoms with Crippen LogP contribution >= 0.6 is 0 Å². The van der Waals surface area contributed by atoms with E-state index < -0.39 is 11.0 Å². The fourth-order valence-electron chi connectivity index (χ4n) is 2.14. The van der Waals surface area contributed by atoms with Crippen LogP contribution in [0.4, 0.5) is 11.4 Å². The van der Waals surface area contributed by atoms with E-state index in [1.165, 1.54) is 12.1 Å². The van der Waals surface area contributed by atoms with Gasteiger partial charge < -0.3 is 15.8 Å². The number of carbonyl (C=O) groups is 1. The van der Waals surface area contributed by atoms with Crippen LogP contribution in [-0.2, 0) is 9.53 Å². The highest BCUT2D eigenvalue weighted by Crippen LogP contribution is 2.24. The zero-order valence-electron chi connectivity index (χ0n) is 11.2. The highest BCUT2D eigenvalue weighted by Gasteiger charge is 2.30. The van der Waals surface area contributed by atoms with Crippen molar-refractivity contribution in [1.82, 2.24) is 0 Å². The number of non-ortho nitro benzene ring substituents is 1. The highest BCUT2D eigenvalue weighted by molar-refractivity contribution is 5.95. The van der Waals surface area contributed by atoms with E-state index in [9.17, 15) is 14.9 Å². The number of nitro benzene ring substituents is 1. The normalized spacial score (nSPS) is 21.7. The predicted octanol–water partition coefficient (Wildman–Crippen LogP) is 1.35. The van der Waals surface area contributed by atoms with Crippen molar-refractivity contribution in [3.8, 4) is 0 Å². The largest absolute Gasteiger partial charge is 0.364 e. The van der Waals surface area contributed by atoms with Gasteiger partial charge in [0.15, 0.2) is 0 Å². The van der Waals surface area contributed by atoms with E-state index in [-0.39, 0.29) is 17.7 Å². The summed E-state index contributed by atoms with van der Waals surface area (Å²) in [5.74, 6) is -0.287. The summed E-state index contributed by atoms with van der Waals surface area (Å²) in [6.45, 7) is 2.16. The van der Waals surface area contributed by atoms with Gasteiger partial charge in [-0.25, -0.2) is 0 Å². The lowest BCUT2D eigenvalue weighted by Crippen LogP contribution is -2.30. The average Bonchev–Trinajstić information content (AvgIpc) is 2.89. The van der Waals surface area contributed by atoms with Crippen LogP contribution in [0, 0.1) is 17.0 Å². The average molecular weight is 279 g/mol. The second-order valence-corrected chi connectivity index (χ2v) is 4.81. The van der Waals surface area contributed by atoms with E-state index in [4.69, 9.17) is 10.5 Å². The van der Waals surface area contributed by atoms with Gasteiger partial charge >= 0.3 is 0 Å². The number of aryl methyl sites for hydroxylation is 1. The zero-order valence-corrected chi connectivity index (χ0v) is 11.2. The Labute approximate surface area is 116 Å². The van der Waals surface area contributed by atoms with Crippen LogP contribution in [0.1, 0.15) is 18.4 Å². The molecule has 2 atom stereocenters. The summed E-state index contributed by atoms with van der Waals surface area (Å²) in [6.07, 6.45) is 0.739. The number of ether oxygens (including phenoxy) is 1. The first-order valence-electron chi connectivity index (χ1n) is 6.42. The van der Waals surface area contributed by atoms with Crippen molar-refractivity contribution in [1.29, 1.82) is 0 Å². The summed E-state index contributed by atoms with van der Waals surface area (Å²) in [5.41, 5.74) is 6.63. The fourth-order valence-corrected chi connectivity index (χ4v) is 2.14. The zero-order chi connectivity index (χ0) is 14.7. The molecular formula is C13H17N3O4. The molecule has 1 fully saturated rings. The van der Waals surface area contributed by atoms with E-state index in [1.54, 1.807) is 13.0 Å². The van der Waals surface area contributed by atoms with E-state index in [1.807, 2.05) is 0 Å². The van der Waals surface area contributed by atoms with Crippen molar-refractivity contribution in [2.24, 2.45) is 5.73 Å². The van der Waals surface area contributed by atoms with Gasteiger partial charge in [-0.3, -0.25) is 14.9 Å². The summed E-state index contributed by atoms with van der Waals surface area (Å²) in [6, 6.07) is 4.36. The molecule has 1 saturated heterocycles.